The molecule has 20 heavy (non-hydrogen) atoms. The van der Waals surface area contributed by atoms with Crippen LogP contribution < -0.4 is 5.32 Å². The lowest BCUT2D eigenvalue weighted by Crippen LogP contribution is -2.42. The normalized spacial score (nSPS) is 17.7. The van der Waals surface area contributed by atoms with Crippen molar-refractivity contribution in [2.24, 2.45) is 0 Å². The molecular formula is C13H21N3O3S. The van der Waals surface area contributed by atoms with Crippen LogP contribution in [0.2, 0.25) is 0 Å². The monoisotopic (exact) mass is 299 g/mol. The number of aromatic nitrogens is 1. The summed E-state index contributed by atoms with van der Waals surface area (Å²) in [5.74, 6) is -0.366. The molecule has 1 aromatic heterocycles. The molecule has 1 aliphatic rings. The second kappa shape index (κ2) is 7.56. The van der Waals surface area contributed by atoms with Gasteiger partial charge in [-0.2, -0.15) is 0 Å². The first-order valence-electron chi connectivity index (χ1n) is 6.88. The van der Waals surface area contributed by atoms with Gasteiger partial charge in [-0.1, -0.05) is 0 Å². The summed E-state index contributed by atoms with van der Waals surface area (Å²) in [5, 5.41) is 4.13. The molecule has 0 amide bonds. The lowest BCUT2D eigenvalue weighted by molar-refractivity contribution is 0.0368. The Morgan fingerprint density at radius 2 is 2.35 bits per heavy atom. The van der Waals surface area contributed by atoms with Gasteiger partial charge in [0.15, 0.2) is 5.69 Å². The van der Waals surface area contributed by atoms with E-state index in [2.05, 4.69) is 22.1 Å². The van der Waals surface area contributed by atoms with Crippen LogP contribution >= 0.6 is 11.3 Å². The maximum atomic E-state index is 11.8. The first kappa shape index (κ1) is 15.2. The Morgan fingerprint density at radius 3 is 3.05 bits per heavy atom. The summed E-state index contributed by atoms with van der Waals surface area (Å²) in [6.07, 6.45) is 0. The van der Waals surface area contributed by atoms with Crippen LogP contribution in [0.15, 0.2) is 5.51 Å². The molecule has 1 aromatic rings. The van der Waals surface area contributed by atoms with Crippen LogP contribution in [-0.2, 0) is 9.47 Å². The summed E-state index contributed by atoms with van der Waals surface area (Å²) < 4.78 is 10.3. The molecule has 1 aliphatic heterocycles. The van der Waals surface area contributed by atoms with Gasteiger partial charge in [0.05, 0.1) is 25.3 Å². The third kappa shape index (κ3) is 4.16. The number of morpholine rings is 1. The van der Waals surface area contributed by atoms with E-state index in [9.17, 15) is 4.79 Å². The summed E-state index contributed by atoms with van der Waals surface area (Å²) in [7, 11) is 0. The van der Waals surface area contributed by atoms with E-state index in [4.69, 9.17) is 9.47 Å². The number of ether oxygens (including phenoxy) is 2. The molecule has 0 spiro atoms. The highest BCUT2D eigenvalue weighted by molar-refractivity contribution is 7.14. The molecule has 7 heteroatoms. The van der Waals surface area contributed by atoms with Gasteiger partial charge in [-0.25, -0.2) is 9.78 Å². The van der Waals surface area contributed by atoms with Crippen molar-refractivity contribution in [2.45, 2.75) is 19.9 Å². The first-order chi connectivity index (χ1) is 9.70. The molecule has 0 radical (unpaired) electrons. The molecule has 0 aromatic carbocycles. The van der Waals surface area contributed by atoms with Crippen molar-refractivity contribution in [2.75, 3.05) is 44.8 Å². The zero-order valence-electron chi connectivity index (χ0n) is 11.9. The highest BCUT2D eigenvalue weighted by Gasteiger charge is 2.19. The van der Waals surface area contributed by atoms with Gasteiger partial charge in [0.1, 0.15) is 5.00 Å². The van der Waals surface area contributed by atoms with Crippen molar-refractivity contribution in [3.63, 3.8) is 0 Å². The Balaban J connectivity index is 1.88. The van der Waals surface area contributed by atoms with Gasteiger partial charge in [0.2, 0.25) is 0 Å². The third-order valence-corrected chi connectivity index (χ3v) is 3.81. The van der Waals surface area contributed by atoms with E-state index >= 15 is 0 Å². The van der Waals surface area contributed by atoms with Crippen molar-refractivity contribution in [1.29, 1.82) is 0 Å². The minimum atomic E-state index is -0.366. The highest BCUT2D eigenvalue weighted by atomic mass is 32.1. The molecule has 6 nitrogen and oxygen atoms in total. The van der Waals surface area contributed by atoms with Crippen LogP contribution in [-0.4, -0.2) is 61.3 Å². The number of thiazole rings is 1. The number of hydrogen-bond donors (Lipinski definition) is 1. The van der Waals surface area contributed by atoms with E-state index in [0.717, 1.165) is 37.8 Å². The first-order valence-corrected chi connectivity index (χ1v) is 7.76. The van der Waals surface area contributed by atoms with Crippen LogP contribution in [0.3, 0.4) is 0 Å². The number of esters is 1. The number of nitrogens with one attached hydrogen (secondary N) is 1. The molecule has 2 rings (SSSR count). The molecule has 2 heterocycles. The lowest BCUT2D eigenvalue weighted by atomic mass is 10.3. The summed E-state index contributed by atoms with van der Waals surface area (Å²) in [6.45, 7) is 8.67. The van der Waals surface area contributed by atoms with E-state index in [1.54, 1.807) is 12.4 Å². The number of rotatable bonds is 6. The fraction of sp³-hybridized carbons (Fsp3) is 0.692. The van der Waals surface area contributed by atoms with Crippen LogP contribution in [0.4, 0.5) is 5.00 Å². The number of anilines is 1. The Hall–Kier alpha value is -1.18. The fourth-order valence-electron chi connectivity index (χ4n) is 2.13. The van der Waals surface area contributed by atoms with Crippen molar-refractivity contribution in [1.82, 2.24) is 9.88 Å². The summed E-state index contributed by atoms with van der Waals surface area (Å²) in [5.41, 5.74) is 2.04. The molecule has 1 N–H and O–H groups in total. The summed E-state index contributed by atoms with van der Waals surface area (Å²) >= 11 is 1.43. The van der Waals surface area contributed by atoms with Gasteiger partial charge in [-0.3, -0.25) is 4.90 Å². The SMILES string of the molecule is CCOC(=O)c1ncsc1NC(C)CN1CCOCC1. The van der Waals surface area contributed by atoms with Gasteiger partial charge in [-0.15, -0.1) is 11.3 Å². The topological polar surface area (TPSA) is 63.7 Å². The molecule has 0 aliphatic carbocycles. The Labute approximate surface area is 123 Å². The van der Waals surface area contributed by atoms with Crippen LogP contribution in [0, 0.1) is 0 Å². The second-order valence-corrected chi connectivity index (χ2v) is 5.56. The Morgan fingerprint density at radius 1 is 1.60 bits per heavy atom. The zero-order chi connectivity index (χ0) is 14.4. The predicted molar refractivity (Wildman–Crippen MR) is 78.4 cm³/mol. The average Bonchev–Trinajstić information content (AvgIpc) is 2.88. The van der Waals surface area contributed by atoms with Gasteiger partial charge in [0, 0.05) is 25.7 Å². The van der Waals surface area contributed by atoms with Crippen molar-refractivity contribution in [3.8, 4) is 0 Å². The maximum absolute atomic E-state index is 11.8. The molecule has 112 valence electrons. The van der Waals surface area contributed by atoms with Crippen molar-refractivity contribution >= 4 is 22.3 Å². The van der Waals surface area contributed by atoms with Gasteiger partial charge in [-0.05, 0) is 13.8 Å². The van der Waals surface area contributed by atoms with E-state index in [1.807, 2.05) is 0 Å². The minimum Gasteiger partial charge on any atom is -0.461 e. The van der Waals surface area contributed by atoms with Crippen LogP contribution in [0.1, 0.15) is 24.3 Å². The molecule has 1 saturated heterocycles. The molecule has 1 atom stereocenters. The zero-order valence-corrected chi connectivity index (χ0v) is 12.7. The number of nitrogens with zero attached hydrogens (tertiary/aromatic N) is 2. The standard InChI is InChI=1S/C13H21N3O3S/c1-3-19-13(17)11-12(20-9-14-11)15-10(2)8-16-4-6-18-7-5-16/h9-10,15H,3-8H2,1-2H3. The number of hydrogen-bond acceptors (Lipinski definition) is 7. The predicted octanol–water partition coefficient (Wildman–Crippen LogP) is 1.45. The van der Waals surface area contributed by atoms with Crippen molar-refractivity contribution < 1.29 is 14.3 Å². The van der Waals surface area contributed by atoms with Gasteiger partial charge in [0.25, 0.3) is 0 Å². The van der Waals surface area contributed by atoms with E-state index in [-0.39, 0.29) is 12.0 Å². The van der Waals surface area contributed by atoms with Gasteiger partial charge < -0.3 is 14.8 Å². The summed E-state index contributed by atoms with van der Waals surface area (Å²) in [6, 6.07) is 0.238. The molecule has 0 saturated carbocycles. The quantitative estimate of drug-likeness (QED) is 0.802. The second-order valence-electron chi connectivity index (χ2n) is 4.71. The van der Waals surface area contributed by atoms with E-state index < -0.39 is 0 Å². The average molecular weight is 299 g/mol. The van der Waals surface area contributed by atoms with Gasteiger partial charge >= 0.3 is 5.97 Å². The van der Waals surface area contributed by atoms with E-state index in [1.165, 1.54) is 11.3 Å². The fourth-order valence-corrected chi connectivity index (χ4v) is 2.91. The summed E-state index contributed by atoms with van der Waals surface area (Å²) in [4.78, 5) is 18.2. The van der Waals surface area contributed by atoms with Crippen LogP contribution in [0.25, 0.3) is 0 Å². The smallest absolute Gasteiger partial charge is 0.360 e. The maximum Gasteiger partial charge on any atom is 0.360 e. The largest absolute Gasteiger partial charge is 0.461 e. The third-order valence-electron chi connectivity index (χ3n) is 3.05. The Kier molecular flexibility index (Phi) is 5.75. The highest BCUT2D eigenvalue weighted by Crippen LogP contribution is 2.22. The number of carbonyl (C=O) groups is 1. The molecular weight excluding hydrogens is 278 g/mol. The number of carbonyl (C=O) groups excluding carboxylic acids is 1. The molecule has 0 bridgehead atoms. The molecule has 1 unspecified atom stereocenters. The Bertz CT molecular complexity index is 432. The van der Waals surface area contributed by atoms with E-state index in [0.29, 0.717) is 12.3 Å². The van der Waals surface area contributed by atoms with Crippen LogP contribution in [0.5, 0.6) is 0 Å². The minimum absolute atomic E-state index is 0.238. The van der Waals surface area contributed by atoms with Crippen molar-refractivity contribution in [3.05, 3.63) is 11.2 Å². The molecule has 1 fully saturated rings. The lowest BCUT2D eigenvalue weighted by Gasteiger charge is -2.29.